The number of hydrogen-bond donors (Lipinski definition) is 0. The largest absolute Gasteiger partial charge is 0.310 e. The predicted octanol–water partition coefficient (Wildman–Crippen LogP) is 14.0. The Bertz CT molecular complexity index is 2820. The fraction of sp³-hybridized carbons (Fsp3) is 0.0189. The van der Waals surface area contributed by atoms with E-state index in [1.54, 1.807) is 0 Å². The second-order valence-electron chi connectivity index (χ2n) is 14.4. The molecule has 0 aromatic heterocycles. The highest BCUT2D eigenvalue weighted by Crippen LogP contribution is 2.63. The molecule has 252 valence electrons. The molecule has 0 atom stereocenters. The van der Waals surface area contributed by atoms with Gasteiger partial charge in [-0.05, 0) is 126 Å². The van der Waals surface area contributed by atoms with E-state index in [1.807, 2.05) is 0 Å². The summed E-state index contributed by atoms with van der Waals surface area (Å²) in [5, 5.41) is 2.51. The van der Waals surface area contributed by atoms with E-state index in [9.17, 15) is 0 Å². The minimum atomic E-state index is -0.352. The maximum absolute atomic E-state index is 2.42. The van der Waals surface area contributed by atoms with E-state index in [4.69, 9.17) is 0 Å². The zero-order valence-electron chi connectivity index (χ0n) is 29.7. The summed E-state index contributed by atoms with van der Waals surface area (Å²) in [5.41, 5.74) is 18.6. The lowest BCUT2D eigenvalue weighted by Crippen LogP contribution is -2.25. The van der Waals surface area contributed by atoms with Gasteiger partial charge >= 0.3 is 0 Å². The van der Waals surface area contributed by atoms with Gasteiger partial charge in [0, 0.05) is 17.1 Å². The van der Waals surface area contributed by atoms with Crippen molar-refractivity contribution in [1.82, 2.24) is 0 Å². The molecule has 0 unspecified atom stereocenters. The van der Waals surface area contributed by atoms with Gasteiger partial charge in [-0.3, -0.25) is 0 Å². The Morgan fingerprint density at radius 1 is 0.278 bits per heavy atom. The molecule has 1 nitrogen and oxygen atoms in total. The minimum Gasteiger partial charge on any atom is -0.310 e. The highest BCUT2D eigenvalue weighted by atomic mass is 15.1. The molecule has 0 heterocycles. The van der Waals surface area contributed by atoms with E-state index in [0.29, 0.717) is 0 Å². The van der Waals surface area contributed by atoms with Crippen LogP contribution in [-0.2, 0) is 5.41 Å². The zero-order chi connectivity index (χ0) is 35.6. The Balaban J connectivity index is 1.06. The average Bonchev–Trinajstić information content (AvgIpc) is 3.71. The fourth-order valence-corrected chi connectivity index (χ4v) is 9.39. The number of rotatable bonds is 5. The molecule has 54 heavy (non-hydrogen) atoms. The van der Waals surface area contributed by atoms with Gasteiger partial charge in [0.1, 0.15) is 0 Å². The molecule has 0 amide bonds. The number of nitrogens with zero attached hydrogens (tertiary/aromatic N) is 1. The molecule has 0 bridgehead atoms. The second-order valence-corrected chi connectivity index (χ2v) is 14.4. The summed E-state index contributed by atoms with van der Waals surface area (Å²) in [6.07, 6.45) is 0. The molecule has 0 saturated heterocycles. The Hall–Kier alpha value is -6.96. The Morgan fingerprint density at radius 2 is 0.778 bits per heavy atom. The van der Waals surface area contributed by atoms with Crippen LogP contribution in [0.1, 0.15) is 22.3 Å². The minimum absolute atomic E-state index is 0.352. The monoisotopic (exact) mass is 685 g/mol. The van der Waals surface area contributed by atoms with Crippen molar-refractivity contribution in [2.75, 3.05) is 4.90 Å². The molecule has 0 N–H and O–H groups in total. The molecule has 9 aromatic carbocycles. The molecule has 0 saturated carbocycles. The quantitative estimate of drug-likeness (QED) is 0.174. The van der Waals surface area contributed by atoms with E-state index < -0.39 is 0 Å². The third kappa shape index (κ3) is 4.45. The summed E-state index contributed by atoms with van der Waals surface area (Å²) in [7, 11) is 0. The number of anilines is 3. The van der Waals surface area contributed by atoms with Crippen molar-refractivity contribution >= 4 is 27.8 Å². The van der Waals surface area contributed by atoms with Gasteiger partial charge < -0.3 is 4.90 Å². The van der Waals surface area contributed by atoms with Gasteiger partial charge in [0.25, 0.3) is 0 Å². The molecule has 0 aliphatic heterocycles. The van der Waals surface area contributed by atoms with Crippen molar-refractivity contribution in [1.29, 1.82) is 0 Å². The van der Waals surface area contributed by atoms with Crippen LogP contribution in [0, 0.1) is 0 Å². The SMILES string of the molecule is c1ccc(-c2cc(-c3ccc(N(c4ccccc4)c4ccc5c(c4)-c4ccccc4C54c5ccccc5-c5ccccc54)cc3)cc3ccccc23)cc1. The normalized spacial score (nSPS) is 13.0. The number of para-hydroxylation sites is 1. The summed E-state index contributed by atoms with van der Waals surface area (Å²) in [4.78, 5) is 2.39. The first-order valence-corrected chi connectivity index (χ1v) is 18.8. The highest BCUT2D eigenvalue weighted by Gasteiger charge is 2.51. The van der Waals surface area contributed by atoms with Crippen LogP contribution in [0.25, 0.3) is 55.3 Å². The molecular weight excluding hydrogens is 651 g/mol. The maximum Gasteiger partial charge on any atom is 0.0725 e. The highest BCUT2D eigenvalue weighted by molar-refractivity contribution is 6.00. The van der Waals surface area contributed by atoms with Crippen molar-refractivity contribution in [2.45, 2.75) is 5.41 Å². The first kappa shape index (κ1) is 30.6. The first-order valence-electron chi connectivity index (χ1n) is 18.8. The lowest BCUT2D eigenvalue weighted by molar-refractivity contribution is 0.794. The molecule has 0 fully saturated rings. The smallest absolute Gasteiger partial charge is 0.0725 e. The van der Waals surface area contributed by atoms with E-state index in [0.717, 1.165) is 17.1 Å². The van der Waals surface area contributed by atoms with Crippen LogP contribution in [0.5, 0.6) is 0 Å². The van der Waals surface area contributed by atoms with Crippen LogP contribution in [0.2, 0.25) is 0 Å². The van der Waals surface area contributed by atoms with Crippen molar-refractivity contribution < 1.29 is 0 Å². The predicted molar refractivity (Wildman–Crippen MR) is 226 cm³/mol. The topological polar surface area (TPSA) is 3.24 Å². The standard InChI is InChI=1S/C53H35N/c1-3-15-37(16-4-1)47-34-39(33-38-17-7-8-20-43(38)47)36-27-29-41(30-28-36)54(40-18-5-2-6-19-40)42-31-32-52-48(35-42)46-23-11-14-26-51(46)53(52)49-24-12-9-21-44(49)45-22-10-13-25-50(45)53/h1-35H. The zero-order valence-corrected chi connectivity index (χ0v) is 29.7. The van der Waals surface area contributed by atoms with Crippen LogP contribution in [-0.4, -0.2) is 0 Å². The molecule has 2 aliphatic rings. The summed E-state index contributed by atoms with van der Waals surface area (Å²) in [5.74, 6) is 0. The number of fused-ring (bicyclic) bond motifs is 11. The third-order valence-electron chi connectivity index (χ3n) is 11.7. The van der Waals surface area contributed by atoms with Crippen LogP contribution in [0.4, 0.5) is 17.1 Å². The number of hydrogen-bond acceptors (Lipinski definition) is 1. The van der Waals surface area contributed by atoms with Gasteiger partial charge in [-0.2, -0.15) is 0 Å². The summed E-state index contributed by atoms with van der Waals surface area (Å²) >= 11 is 0. The van der Waals surface area contributed by atoms with E-state index >= 15 is 0 Å². The first-order chi connectivity index (χ1) is 26.8. The van der Waals surface area contributed by atoms with Gasteiger partial charge in [0.05, 0.1) is 5.41 Å². The van der Waals surface area contributed by atoms with Crippen LogP contribution < -0.4 is 4.90 Å². The van der Waals surface area contributed by atoms with Gasteiger partial charge in [0.2, 0.25) is 0 Å². The number of benzene rings is 9. The fourth-order valence-electron chi connectivity index (χ4n) is 9.39. The maximum atomic E-state index is 2.42. The van der Waals surface area contributed by atoms with Crippen molar-refractivity contribution in [2.24, 2.45) is 0 Å². The van der Waals surface area contributed by atoms with Gasteiger partial charge in [-0.1, -0.05) is 164 Å². The Morgan fingerprint density at radius 3 is 1.44 bits per heavy atom. The van der Waals surface area contributed by atoms with Crippen molar-refractivity contribution in [3.05, 3.63) is 235 Å². The van der Waals surface area contributed by atoms with Crippen LogP contribution >= 0.6 is 0 Å². The lowest BCUT2D eigenvalue weighted by Gasteiger charge is -2.31. The summed E-state index contributed by atoms with van der Waals surface area (Å²) in [6, 6.07) is 78.1. The molecule has 0 radical (unpaired) electrons. The molecular formula is C53H35N. The summed E-state index contributed by atoms with van der Waals surface area (Å²) < 4.78 is 0. The molecule has 9 aromatic rings. The second kappa shape index (κ2) is 12.0. The van der Waals surface area contributed by atoms with Crippen molar-refractivity contribution in [3.63, 3.8) is 0 Å². The van der Waals surface area contributed by atoms with Crippen LogP contribution in [0.15, 0.2) is 212 Å². The summed E-state index contributed by atoms with van der Waals surface area (Å²) in [6.45, 7) is 0. The molecule has 11 rings (SSSR count). The Kier molecular flexibility index (Phi) is 6.84. The van der Waals surface area contributed by atoms with Gasteiger partial charge in [0.15, 0.2) is 0 Å². The lowest BCUT2D eigenvalue weighted by atomic mass is 9.70. The van der Waals surface area contributed by atoms with Gasteiger partial charge in [-0.25, -0.2) is 0 Å². The van der Waals surface area contributed by atoms with E-state index in [-0.39, 0.29) is 5.41 Å². The Labute approximate surface area is 316 Å². The molecule has 2 aliphatic carbocycles. The van der Waals surface area contributed by atoms with Crippen LogP contribution in [0.3, 0.4) is 0 Å². The average molecular weight is 686 g/mol. The van der Waals surface area contributed by atoms with Gasteiger partial charge in [-0.15, -0.1) is 0 Å². The third-order valence-corrected chi connectivity index (χ3v) is 11.7. The molecule has 1 spiro atoms. The van der Waals surface area contributed by atoms with E-state index in [2.05, 4.69) is 217 Å². The van der Waals surface area contributed by atoms with E-state index in [1.165, 1.54) is 77.5 Å². The van der Waals surface area contributed by atoms with Crippen molar-refractivity contribution in [3.8, 4) is 44.5 Å². The molecule has 1 heteroatoms.